The summed E-state index contributed by atoms with van der Waals surface area (Å²) < 4.78 is 5.90. The Labute approximate surface area is 185 Å². The van der Waals surface area contributed by atoms with Crippen molar-refractivity contribution in [1.82, 2.24) is 9.97 Å². The first-order valence-corrected chi connectivity index (χ1v) is 10.9. The molecule has 7 nitrogen and oxygen atoms in total. The topological polar surface area (TPSA) is 110 Å². The molecule has 0 aliphatic carbocycles. The lowest BCUT2D eigenvalue weighted by Crippen LogP contribution is -2.15. The summed E-state index contributed by atoms with van der Waals surface area (Å²) >= 11 is 1.10. The second-order valence-electron chi connectivity index (χ2n) is 7.70. The van der Waals surface area contributed by atoms with Crippen LogP contribution in [0, 0.1) is 0 Å². The Morgan fingerprint density at radius 2 is 1.74 bits per heavy atom. The largest absolute Gasteiger partial charge is 0.457 e. The number of nitrogens with two attached hydrogens (primary N) is 1. The maximum Gasteiger partial charge on any atom is 0.253 e. The van der Waals surface area contributed by atoms with E-state index in [0.29, 0.717) is 16.6 Å². The summed E-state index contributed by atoms with van der Waals surface area (Å²) in [7, 11) is 0. The fourth-order valence-electron chi connectivity index (χ4n) is 2.77. The molecule has 0 radical (unpaired) electrons. The summed E-state index contributed by atoms with van der Waals surface area (Å²) in [6.45, 7) is 6.62. The predicted molar refractivity (Wildman–Crippen MR) is 125 cm³/mol. The molecular formula is C23H26N4O3S. The zero-order chi connectivity index (χ0) is 22.4. The highest BCUT2D eigenvalue weighted by atomic mass is 32.2. The normalized spacial score (nSPS) is 11.2. The number of hydrogen-bond donors (Lipinski definition) is 3. The van der Waals surface area contributed by atoms with Gasteiger partial charge in [-0.05, 0) is 53.8 Å². The smallest absolute Gasteiger partial charge is 0.253 e. The molecular weight excluding hydrogens is 412 g/mol. The van der Waals surface area contributed by atoms with Crippen LogP contribution in [-0.2, 0) is 10.2 Å². The van der Waals surface area contributed by atoms with E-state index < -0.39 is 0 Å². The minimum atomic E-state index is -0.352. The Morgan fingerprint density at radius 1 is 1.13 bits per heavy atom. The van der Waals surface area contributed by atoms with Gasteiger partial charge in [-0.3, -0.25) is 9.59 Å². The number of ether oxygens (including phenoxy) is 1. The Hall–Kier alpha value is -3.26. The fourth-order valence-corrected chi connectivity index (χ4v) is 3.46. The molecule has 0 bridgehead atoms. The van der Waals surface area contributed by atoms with E-state index in [0.717, 1.165) is 23.9 Å². The second-order valence-corrected chi connectivity index (χ2v) is 8.66. The van der Waals surface area contributed by atoms with Crippen molar-refractivity contribution in [3.8, 4) is 11.5 Å². The molecule has 0 aliphatic rings. The summed E-state index contributed by atoms with van der Waals surface area (Å²) in [4.78, 5) is 30.0. The first kappa shape index (κ1) is 22.4. The van der Waals surface area contributed by atoms with Gasteiger partial charge in [-0.25, -0.2) is 4.98 Å². The van der Waals surface area contributed by atoms with Gasteiger partial charge < -0.3 is 20.8 Å². The van der Waals surface area contributed by atoms with Gasteiger partial charge in [-0.15, -0.1) is 0 Å². The van der Waals surface area contributed by atoms with Crippen molar-refractivity contribution < 1.29 is 9.53 Å². The first-order valence-electron chi connectivity index (χ1n) is 9.93. The molecule has 3 aromatic rings. The minimum absolute atomic E-state index is 0.0884. The first-order chi connectivity index (χ1) is 14.7. The van der Waals surface area contributed by atoms with Crippen LogP contribution < -0.4 is 21.3 Å². The monoisotopic (exact) mass is 438 g/mol. The Bertz CT molecular complexity index is 1090. The van der Waals surface area contributed by atoms with Crippen LogP contribution in [0.25, 0.3) is 0 Å². The molecule has 31 heavy (non-hydrogen) atoms. The van der Waals surface area contributed by atoms with Gasteiger partial charge in [0.2, 0.25) is 5.91 Å². The fraction of sp³-hybridized carbons (Fsp3) is 0.261. The van der Waals surface area contributed by atoms with Gasteiger partial charge in [0.1, 0.15) is 17.3 Å². The number of carbonyl (C=O) groups is 1. The van der Waals surface area contributed by atoms with Crippen LogP contribution in [0.15, 0.2) is 64.5 Å². The van der Waals surface area contributed by atoms with Crippen LogP contribution in [0.1, 0.15) is 32.8 Å². The third-order valence-corrected chi connectivity index (χ3v) is 5.85. The number of H-pyrrole nitrogens is 1. The summed E-state index contributed by atoms with van der Waals surface area (Å²) in [6.07, 6.45) is 1.06. The highest BCUT2D eigenvalue weighted by Crippen LogP contribution is 2.30. The van der Waals surface area contributed by atoms with Crippen molar-refractivity contribution in [3.05, 3.63) is 70.5 Å². The lowest BCUT2D eigenvalue weighted by molar-refractivity contribution is -0.113. The molecule has 0 saturated carbocycles. The van der Waals surface area contributed by atoms with Gasteiger partial charge in [0.25, 0.3) is 5.56 Å². The standard InChI is InChI=1S/C23H26N4O3S/c1-4-23(2,3)15-5-9-17(10-6-15)30-18-11-7-16(8-12-18)25-21(29)14-31-22-26-19(24)13-20(28)27-22/h5-13H,4,14H2,1-3H3,(H,25,29)(H3,24,26,27,28). The van der Waals surface area contributed by atoms with Gasteiger partial charge in [-0.1, -0.05) is 44.7 Å². The zero-order valence-electron chi connectivity index (χ0n) is 17.8. The Balaban J connectivity index is 1.53. The molecule has 0 spiro atoms. The van der Waals surface area contributed by atoms with E-state index in [1.54, 1.807) is 24.3 Å². The molecule has 1 amide bonds. The molecule has 0 saturated heterocycles. The summed E-state index contributed by atoms with van der Waals surface area (Å²) in [5.74, 6) is 1.41. The number of thioether (sulfide) groups is 1. The van der Waals surface area contributed by atoms with E-state index in [-0.39, 0.29) is 28.5 Å². The maximum atomic E-state index is 12.2. The van der Waals surface area contributed by atoms with Crippen molar-refractivity contribution in [2.75, 3.05) is 16.8 Å². The summed E-state index contributed by atoms with van der Waals surface area (Å²) in [5.41, 5.74) is 7.24. The van der Waals surface area contributed by atoms with E-state index in [2.05, 4.69) is 48.2 Å². The van der Waals surface area contributed by atoms with Crippen molar-refractivity contribution in [2.45, 2.75) is 37.8 Å². The molecule has 162 valence electrons. The molecule has 0 aliphatic heterocycles. The number of benzene rings is 2. The van der Waals surface area contributed by atoms with E-state index in [9.17, 15) is 9.59 Å². The van der Waals surface area contributed by atoms with E-state index in [1.165, 1.54) is 11.6 Å². The molecule has 1 aromatic heterocycles. The predicted octanol–water partition coefficient (Wildman–Crippen LogP) is 4.56. The quantitative estimate of drug-likeness (QED) is 0.351. The summed E-state index contributed by atoms with van der Waals surface area (Å²) in [5, 5.41) is 3.10. The zero-order valence-corrected chi connectivity index (χ0v) is 18.6. The molecule has 1 heterocycles. The SMILES string of the molecule is CCC(C)(C)c1ccc(Oc2ccc(NC(=O)CSc3nc(N)cc(=O)[nH]3)cc2)cc1. The number of hydrogen-bond acceptors (Lipinski definition) is 6. The molecule has 0 atom stereocenters. The molecule has 8 heteroatoms. The lowest BCUT2D eigenvalue weighted by atomic mass is 9.82. The van der Waals surface area contributed by atoms with Crippen LogP contribution in [0.2, 0.25) is 0 Å². The van der Waals surface area contributed by atoms with E-state index in [1.807, 2.05) is 12.1 Å². The average Bonchev–Trinajstić information content (AvgIpc) is 2.73. The van der Waals surface area contributed by atoms with Crippen LogP contribution >= 0.6 is 11.8 Å². The number of nitrogens with one attached hydrogen (secondary N) is 2. The number of nitrogens with zero attached hydrogens (tertiary/aromatic N) is 1. The molecule has 0 fully saturated rings. The van der Waals surface area contributed by atoms with E-state index >= 15 is 0 Å². The van der Waals surface area contributed by atoms with Crippen LogP contribution in [-0.4, -0.2) is 21.6 Å². The number of carbonyl (C=O) groups excluding carboxylic acids is 1. The van der Waals surface area contributed by atoms with Gasteiger partial charge in [0.15, 0.2) is 5.16 Å². The maximum absolute atomic E-state index is 12.2. The summed E-state index contributed by atoms with van der Waals surface area (Å²) in [6, 6.07) is 16.4. The van der Waals surface area contributed by atoms with Gasteiger partial charge in [0, 0.05) is 11.8 Å². The van der Waals surface area contributed by atoms with Crippen LogP contribution in [0.4, 0.5) is 11.5 Å². The van der Waals surface area contributed by atoms with Gasteiger partial charge >= 0.3 is 0 Å². The number of amides is 1. The minimum Gasteiger partial charge on any atom is -0.457 e. The van der Waals surface area contributed by atoms with Crippen LogP contribution in [0.3, 0.4) is 0 Å². The molecule has 2 aromatic carbocycles. The van der Waals surface area contributed by atoms with Gasteiger partial charge in [0.05, 0.1) is 5.75 Å². The molecule has 3 rings (SSSR count). The second kappa shape index (κ2) is 9.70. The number of aromatic nitrogens is 2. The number of nitrogen functional groups attached to an aromatic ring is 1. The highest BCUT2D eigenvalue weighted by Gasteiger charge is 2.17. The average molecular weight is 439 g/mol. The number of rotatable bonds is 8. The van der Waals surface area contributed by atoms with Crippen LogP contribution in [0.5, 0.6) is 11.5 Å². The Kier molecular flexibility index (Phi) is 7.02. The molecule has 0 unspecified atom stereocenters. The van der Waals surface area contributed by atoms with E-state index in [4.69, 9.17) is 10.5 Å². The number of anilines is 2. The van der Waals surface area contributed by atoms with Gasteiger partial charge in [-0.2, -0.15) is 0 Å². The third-order valence-electron chi connectivity index (χ3n) is 4.97. The third kappa shape index (κ3) is 6.36. The van der Waals surface area contributed by atoms with Crippen molar-refractivity contribution in [1.29, 1.82) is 0 Å². The Morgan fingerprint density at radius 3 is 2.32 bits per heavy atom. The van der Waals surface area contributed by atoms with Crippen molar-refractivity contribution >= 4 is 29.2 Å². The van der Waals surface area contributed by atoms with Crippen molar-refractivity contribution in [2.24, 2.45) is 0 Å². The molecule has 4 N–H and O–H groups in total. The highest BCUT2D eigenvalue weighted by molar-refractivity contribution is 7.99. The van der Waals surface area contributed by atoms with Crippen molar-refractivity contribution in [3.63, 3.8) is 0 Å². The lowest BCUT2D eigenvalue weighted by Gasteiger charge is -2.23. The number of aromatic amines is 1.